The van der Waals surface area contributed by atoms with Gasteiger partial charge in [-0.1, -0.05) is 32.0 Å². The van der Waals surface area contributed by atoms with Crippen molar-refractivity contribution in [2.45, 2.75) is 52.5 Å². The zero-order valence-corrected chi connectivity index (χ0v) is 19.7. The molecule has 6 heteroatoms. The largest absolute Gasteiger partial charge is 0.496 e. The number of hydrogen-bond donors (Lipinski definition) is 0. The van der Waals surface area contributed by atoms with Gasteiger partial charge in [0.1, 0.15) is 5.75 Å². The van der Waals surface area contributed by atoms with Crippen LogP contribution in [0.15, 0.2) is 24.3 Å². The summed E-state index contributed by atoms with van der Waals surface area (Å²) in [4.78, 5) is 23.3. The van der Waals surface area contributed by atoms with Crippen LogP contribution >= 0.6 is 0 Å². The number of carbonyl (C=O) groups is 1. The molecule has 0 aromatic heterocycles. The van der Waals surface area contributed by atoms with E-state index in [-0.39, 0.29) is 5.91 Å². The topological polar surface area (TPSA) is 45.2 Å². The molecular formula is C25H41N3O3. The normalized spacial score (nSPS) is 19.0. The van der Waals surface area contributed by atoms with E-state index in [0.29, 0.717) is 24.8 Å². The summed E-state index contributed by atoms with van der Waals surface area (Å²) in [7, 11) is 1.74. The lowest BCUT2D eigenvalue weighted by Crippen LogP contribution is -2.43. The minimum absolute atomic E-state index is 0.277. The Morgan fingerprint density at radius 2 is 1.97 bits per heavy atom. The van der Waals surface area contributed by atoms with Gasteiger partial charge in [0.25, 0.3) is 0 Å². The van der Waals surface area contributed by atoms with Crippen LogP contribution in [0.25, 0.3) is 0 Å². The predicted octanol–water partition coefficient (Wildman–Crippen LogP) is 3.81. The average Bonchev–Trinajstić information content (AvgIpc) is 2.79. The second-order valence-corrected chi connectivity index (χ2v) is 9.44. The lowest BCUT2D eigenvalue weighted by molar-refractivity contribution is -0.182. The van der Waals surface area contributed by atoms with Crippen LogP contribution in [0.5, 0.6) is 5.75 Å². The third-order valence-corrected chi connectivity index (χ3v) is 6.36. The fourth-order valence-electron chi connectivity index (χ4n) is 4.64. The molecule has 1 amide bonds. The van der Waals surface area contributed by atoms with E-state index in [9.17, 15) is 4.79 Å². The molecule has 31 heavy (non-hydrogen) atoms. The molecule has 3 rings (SSSR count). The molecule has 2 saturated heterocycles. The molecule has 0 bridgehead atoms. The van der Waals surface area contributed by atoms with Gasteiger partial charge in [-0.3, -0.25) is 14.5 Å². The second kappa shape index (κ2) is 12.4. The quantitative estimate of drug-likeness (QED) is 0.564. The second-order valence-electron chi connectivity index (χ2n) is 9.44. The van der Waals surface area contributed by atoms with E-state index in [1.807, 2.05) is 17.2 Å². The number of likely N-dealkylation sites (tertiary alicyclic amines) is 1. The summed E-state index contributed by atoms with van der Waals surface area (Å²) < 4.78 is 5.51. The molecule has 2 heterocycles. The smallest absolute Gasteiger partial charge is 0.223 e. The van der Waals surface area contributed by atoms with Gasteiger partial charge in [-0.2, -0.15) is 5.06 Å². The number of amides is 1. The summed E-state index contributed by atoms with van der Waals surface area (Å²) in [6.45, 7) is 11.7. The molecule has 2 fully saturated rings. The van der Waals surface area contributed by atoms with Crippen molar-refractivity contribution in [3.63, 3.8) is 0 Å². The van der Waals surface area contributed by atoms with E-state index >= 15 is 0 Å². The minimum atomic E-state index is 0.277. The maximum Gasteiger partial charge on any atom is 0.223 e. The van der Waals surface area contributed by atoms with Crippen LogP contribution in [-0.4, -0.2) is 73.8 Å². The van der Waals surface area contributed by atoms with Crippen molar-refractivity contribution in [2.24, 2.45) is 11.8 Å². The highest BCUT2D eigenvalue weighted by molar-refractivity contribution is 5.76. The maximum absolute atomic E-state index is 13.0. The number of para-hydroxylation sites is 1. The van der Waals surface area contributed by atoms with Gasteiger partial charge in [0.2, 0.25) is 5.91 Å². The molecule has 0 radical (unpaired) electrons. The van der Waals surface area contributed by atoms with Gasteiger partial charge in [0.05, 0.1) is 13.7 Å². The van der Waals surface area contributed by atoms with Crippen molar-refractivity contribution in [2.75, 3.05) is 53.0 Å². The minimum Gasteiger partial charge on any atom is -0.496 e. The average molecular weight is 432 g/mol. The number of piperidine rings is 1. The third kappa shape index (κ3) is 7.78. The maximum atomic E-state index is 13.0. The number of nitrogens with zero attached hydrogens (tertiary/aromatic N) is 3. The van der Waals surface area contributed by atoms with E-state index in [0.717, 1.165) is 77.3 Å². The molecule has 6 nitrogen and oxygen atoms in total. The number of methoxy groups -OCH3 is 1. The monoisotopic (exact) mass is 431 g/mol. The van der Waals surface area contributed by atoms with Gasteiger partial charge >= 0.3 is 0 Å². The first kappa shape index (κ1) is 24.0. The first-order valence-corrected chi connectivity index (χ1v) is 12.0. The predicted molar refractivity (Wildman–Crippen MR) is 124 cm³/mol. The molecular weight excluding hydrogens is 390 g/mol. The number of hydroxylamine groups is 2. The molecule has 2 aliphatic rings. The van der Waals surface area contributed by atoms with Crippen molar-refractivity contribution < 1.29 is 14.4 Å². The van der Waals surface area contributed by atoms with Gasteiger partial charge in [0.15, 0.2) is 0 Å². The summed E-state index contributed by atoms with van der Waals surface area (Å²) in [5.74, 6) is 2.32. The van der Waals surface area contributed by atoms with Crippen LogP contribution in [-0.2, 0) is 16.2 Å². The molecule has 0 N–H and O–H groups in total. The van der Waals surface area contributed by atoms with Gasteiger partial charge in [0, 0.05) is 44.7 Å². The molecule has 0 atom stereocenters. The third-order valence-electron chi connectivity index (χ3n) is 6.36. The first-order valence-electron chi connectivity index (χ1n) is 12.0. The van der Waals surface area contributed by atoms with Crippen LogP contribution in [0.1, 0.15) is 51.5 Å². The highest BCUT2D eigenvalue weighted by Gasteiger charge is 2.25. The molecule has 0 aliphatic carbocycles. The molecule has 1 aromatic rings. The summed E-state index contributed by atoms with van der Waals surface area (Å²) >= 11 is 0. The Morgan fingerprint density at radius 1 is 1.19 bits per heavy atom. The number of hydrogen-bond acceptors (Lipinski definition) is 5. The SMILES string of the molecule is COc1ccccc1CN1CCC(CN(CC(C)C)C(=O)CCN2CCCCO2)CC1. The summed E-state index contributed by atoms with van der Waals surface area (Å²) in [6.07, 6.45) is 5.13. The Balaban J connectivity index is 1.46. The van der Waals surface area contributed by atoms with Crippen LogP contribution in [0.2, 0.25) is 0 Å². The Morgan fingerprint density at radius 3 is 2.65 bits per heavy atom. The molecule has 2 aliphatic heterocycles. The van der Waals surface area contributed by atoms with E-state index in [2.05, 4.69) is 35.8 Å². The van der Waals surface area contributed by atoms with Crippen molar-refractivity contribution in [3.8, 4) is 5.75 Å². The molecule has 0 unspecified atom stereocenters. The summed E-state index contributed by atoms with van der Waals surface area (Å²) in [6, 6.07) is 8.29. The summed E-state index contributed by atoms with van der Waals surface area (Å²) in [5, 5.41) is 1.98. The van der Waals surface area contributed by atoms with Crippen molar-refractivity contribution in [1.29, 1.82) is 0 Å². The summed E-state index contributed by atoms with van der Waals surface area (Å²) in [5.41, 5.74) is 1.25. The number of rotatable bonds is 10. The molecule has 0 spiro atoms. The van der Waals surface area contributed by atoms with Crippen molar-refractivity contribution in [1.82, 2.24) is 14.9 Å². The lowest BCUT2D eigenvalue weighted by Gasteiger charge is -2.36. The van der Waals surface area contributed by atoms with Gasteiger partial charge in [-0.15, -0.1) is 0 Å². The zero-order valence-electron chi connectivity index (χ0n) is 19.7. The number of ether oxygens (including phenoxy) is 1. The van der Waals surface area contributed by atoms with Crippen LogP contribution in [0.3, 0.4) is 0 Å². The highest BCUT2D eigenvalue weighted by atomic mass is 16.7. The molecule has 174 valence electrons. The van der Waals surface area contributed by atoms with Gasteiger partial charge < -0.3 is 9.64 Å². The van der Waals surface area contributed by atoms with Crippen LogP contribution in [0, 0.1) is 11.8 Å². The molecule has 1 aromatic carbocycles. The fraction of sp³-hybridized carbons (Fsp3) is 0.720. The lowest BCUT2D eigenvalue weighted by atomic mass is 9.95. The van der Waals surface area contributed by atoms with Crippen molar-refractivity contribution >= 4 is 5.91 Å². The van der Waals surface area contributed by atoms with Crippen LogP contribution < -0.4 is 4.74 Å². The molecule has 0 saturated carbocycles. The van der Waals surface area contributed by atoms with E-state index in [1.165, 1.54) is 5.56 Å². The highest BCUT2D eigenvalue weighted by Crippen LogP contribution is 2.24. The van der Waals surface area contributed by atoms with Crippen molar-refractivity contribution in [3.05, 3.63) is 29.8 Å². The fourth-order valence-corrected chi connectivity index (χ4v) is 4.64. The van der Waals surface area contributed by atoms with Crippen LogP contribution in [0.4, 0.5) is 0 Å². The Labute approximate surface area is 188 Å². The Bertz CT molecular complexity index is 668. The van der Waals surface area contributed by atoms with Gasteiger partial charge in [-0.05, 0) is 56.7 Å². The van der Waals surface area contributed by atoms with E-state index in [4.69, 9.17) is 9.57 Å². The number of carbonyl (C=O) groups excluding carboxylic acids is 1. The standard InChI is InChI=1S/C25H41N3O3/c1-21(2)18-27(25(29)12-16-28-13-6-7-17-31-28)19-22-10-14-26(15-11-22)20-23-8-4-5-9-24(23)30-3/h4-5,8-9,21-22H,6-7,10-20H2,1-3H3. The first-order chi connectivity index (χ1) is 15.0. The Kier molecular flexibility index (Phi) is 9.62. The zero-order chi connectivity index (χ0) is 22.1. The Hall–Kier alpha value is -1.63. The van der Waals surface area contributed by atoms with E-state index in [1.54, 1.807) is 7.11 Å². The van der Waals surface area contributed by atoms with Gasteiger partial charge in [-0.25, -0.2) is 0 Å². The number of benzene rings is 1. The van der Waals surface area contributed by atoms with E-state index < -0.39 is 0 Å².